The minimum atomic E-state index is -0.838. The van der Waals surface area contributed by atoms with E-state index < -0.39 is 5.97 Å². The third kappa shape index (κ3) is 2.82. The zero-order valence-corrected chi connectivity index (χ0v) is 11.8. The van der Waals surface area contributed by atoms with Crippen LogP contribution >= 0.6 is 27.5 Å². The van der Waals surface area contributed by atoms with E-state index in [-0.39, 0.29) is 11.8 Å². The highest BCUT2D eigenvalue weighted by Gasteiger charge is 2.15. The number of alkyl halides is 1. The molecule has 2 rings (SSSR count). The molecular weight excluding hydrogens is 318 g/mol. The number of benzene rings is 1. The maximum Gasteiger partial charge on any atom is 0.303 e. The molecule has 0 aliphatic carbocycles. The number of fused-ring (bicyclic) bond motifs is 1. The Kier molecular flexibility index (Phi) is 4.19. The normalized spacial score (nSPS) is 12.6. The van der Waals surface area contributed by atoms with Crippen LogP contribution in [0.4, 0.5) is 0 Å². The molecule has 0 amide bonds. The Hall–Kier alpha value is -1.13. The summed E-state index contributed by atoms with van der Waals surface area (Å²) >= 11 is 9.73. The van der Waals surface area contributed by atoms with Gasteiger partial charge in [-0.05, 0) is 24.1 Å². The molecule has 1 N–H and O–H groups in total. The van der Waals surface area contributed by atoms with Crippen LogP contribution in [0.15, 0.2) is 34.9 Å². The van der Waals surface area contributed by atoms with Gasteiger partial charge in [-0.25, -0.2) is 0 Å². The van der Waals surface area contributed by atoms with Crippen molar-refractivity contribution in [2.24, 2.45) is 0 Å². The average Bonchev–Trinajstić information content (AvgIpc) is 2.37. The summed E-state index contributed by atoms with van der Waals surface area (Å²) in [4.78, 5) is 14.9. The first-order valence-corrected chi connectivity index (χ1v) is 6.71. The van der Waals surface area contributed by atoms with Crippen molar-refractivity contribution in [2.45, 2.75) is 18.2 Å². The first-order valence-electron chi connectivity index (χ1n) is 5.48. The van der Waals surface area contributed by atoms with Gasteiger partial charge < -0.3 is 5.11 Å². The predicted molar refractivity (Wildman–Crippen MR) is 74.9 cm³/mol. The number of nitrogens with zero attached hydrogens (tertiary/aromatic N) is 1. The monoisotopic (exact) mass is 327 g/mol. The standard InChI is InChI=1S/C13H11BrClNO2/c14-10-4-3-9(11(15)5-6-12(17)18)13-8(10)2-1-7-16-13/h1-4,7,11H,5-6H2,(H,17,18). The van der Waals surface area contributed by atoms with Crippen molar-refractivity contribution in [2.75, 3.05) is 0 Å². The van der Waals surface area contributed by atoms with Gasteiger partial charge in [0.25, 0.3) is 0 Å². The SMILES string of the molecule is O=C(O)CCC(Cl)c1ccc(Br)c2cccnc12. The molecule has 1 aromatic heterocycles. The van der Waals surface area contributed by atoms with Gasteiger partial charge in [-0.3, -0.25) is 9.78 Å². The van der Waals surface area contributed by atoms with Crippen molar-refractivity contribution in [1.82, 2.24) is 4.98 Å². The van der Waals surface area contributed by atoms with Crippen molar-refractivity contribution < 1.29 is 9.90 Å². The molecule has 1 unspecified atom stereocenters. The summed E-state index contributed by atoms with van der Waals surface area (Å²) < 4.78 is 0.955. The molecule has 2 aromatic rings. The lowest BCUT2D eigenvalue weighted by molar-refractivity contribution is -0.137. The maximum absolute atomic E-state index is 10.6. The van der Waals surface area contributed by atoms with Crippen molar-refractivity contribution in [3.63, 3.8) is 0 Å². The summed E-state index contributed by atoms with van der Waals surface area (Å²) in [6.45, 7) is 0. The summed E-state index contributed by atoms with van der Waals surface area (Å²) in [7, 11) is 0. The molecule has 0 radical (unpaired) electrons. The van der Waals surface area contributed by atoms with Crippen LogP contribution in [0.25, 0.3) is 10.9 Å². The fourth-order valence-corrected chi connectivity index (χ4v) is 2.56. The first-order chi connectivity index (χ1) is 8.59. The second kappa shape index (κ2) is 5.67. The van der Waals surface area contributed by atoms with Gasteiger partial charge in [-0.15, -0.1) is 11.6 Å². The van der Waals surface area contributed by atoms with E-state index in [1.165, 1.54) is 0 Å². The van der Waals surface area contributed by atoms with E-state index >= 15 is 0 Å². The number of hydrogen-bond acceptors (Lipinski definition) is 2. The van der Waals surface area contributed by atoms with Crippen LogP contribution in [0, 0.1) is 0 Å². The van der Waals surface area contributed by atoms with E-state index in [0.29, 0.717) is 6.42 Å². The quantitative estimate of drug-likeness (QED) is 0.858. The van der Waals surface area contributed by atoms with E-state index in [2.05, 4.69) is 20.9 Å². The lowest BCUT2D eigenvalue weighted by atomic mass is 10.0. The highest BCUT2D eigenvalue weighted by Crippen LogP contribution is 2.33. The minimum Gasteiger partial charge on any atom is -0.481 e. The molecule has 0 saturated carbocycles. The lowest BCUT2D eigenvalue weighted by Crippen LogP contribution is -2.00. The summed E-state index contributed by atoms with van der Waals surface area (Å²) in [5.74, 6) is -0.838. The van der Waals surface area contributed by atoms with E-state index in [0.717, 1.165) is 20.9 Å². The van der Waals surface area contributed by atoms with Gasteiger partial charge >= 0.3 is 5.97 Å². The minimum absolute atomic E-state index is 0.0541. The zero-order valence-electron chi connectivity index (χ0n) is 9.44. The molecule has 18 heavy (non-hydrogen) atoms. The summed E-state index contributed by atoms with van der Waals surface area (Å²) in [5.41, 5.74) is 1.69. The van der Waals surface area contributed by atoms with Gasteiger partial charge in [0.05, 0.1) is 10.9 Å². The van der Waals surface area contributed by atoms with E-state index in [4.69, 9.17) is 16.7 Å². The van der Waals surface area contributed by atoms with Gasteiger partial charge in [0, 0.05) is 22.5 Å². The van der Waals surface area contributed by atoms with Crippen LogP contribution in [0.2, 0.25) is 0 Å². The van der Waals surface area contributed by atoms with Crippen molar-refractivity contribution in [3.8, 4) is 0 Å². The van der Waals surface area contributed by atoms with Crippen molar-refractivity contribution >= 4 is 44.4 Å². The number of aromatic nitrogens is 1. The van der Waals surface area contributed by atoms with Gasteiger partial charge in [0.1, 0.15) is 0 Å². The molecule has 0 fully saturated rings. The van der Waals surface area contributed by atoms with Crippen LogP contribution in [-0.2, 0) is 4.79 Å². The fourth-order valence-electron chi connectivity index (χ4n) is 1.82. The molecule has 1 heterocycles. The van der Waals surface area contributed by atoms with Crippen LogP contribution < -0.4 is 0 Å². The van der Waals surface area contributed by atoms with Crippen molar-refractivity contribution in [3.05, 3.63) is 40.5 Å². The smallest absolute Gasteiger partial charge is 0.303 e. The second-order valence-corrected chi connectivity index (χ2v) is 5.32. The van der Waals surface area contributed by atoms with Crippen LogP contribution in [-0.4, -0.2) is 16.1 Å². The topological polar surface area (TPSA) is 50.2 Å². The van der Waals surface area contributed by atoms with Crippen LogP contribution in [0.5, 0.6) is 0 Å². The molecule has 1 atom stereocenters. The molecule has 0 aliphatic heterocycles. The molecule has 0 saturated heterocycles. The molecule has 94 valence electrons. The Bertz CT molecular complexity index is 588. The zero-order chi connectivity index (χ0) is 13.1. The highest BCUT2D eigenvalue weighted by molar-refractivity contribution is 9.10. The van der Waals surface area contributed by atoms with Gasteiger partial charge in [-0.2, -0.15) is 0 Å². The maximum atomic E-state index is 10.6. The van der Waals surface area contributed by atoms with Crippen LogP contribution in [0.3, 0.4) is 0 Å². The number of hydrogen-bond donors (Lipinski definition) is 1. The van der Waals surface area contributed by atoms with E-state index in [9.17, 15) is 4.79 Å². The lowest BCUT2D eigenvalue weighted by Gasteiger charge is -2.12. The first kappa shape index (κ1) is 13.3. The average molecular weight is 329 g/mol. The highest BCUT2D eigenvalue weighted by atomic mass is 79.9. The third-order valence-corrected chi connectivity index (χ3v) is 3.84. The Morgan fingerprint density at radius 2 is 2.22 bits per heavy atom. The Balaban J connectivity index is 2.39. The number of rotatable bonds is 4. The molecule has 5 heteroatoms. The molecule has 1 aromatic carbocycles. The molecule has 0 spiro atoms. The van der Waals surface area contributed by atoms with E-state index in [1.807, 2.05) is 24.3 Å². The summed E-state index contributed by atoms with van der Waals surface area (Å²) in [6.07, 6.45) is 2.15. The Labute approximate surface area is 118 Å². The van der Waals surface area contributed by atoms with Gasteiger partial charge in [0.15, 0.2) is 0 Å². The van der Waals surface area contributed by atoms with Crippen LogP contribution in [0.1, 0.15) is 23.8 Å². The van der Waals surface area contributed by atoms with Crippen molar-refractivity contribution in [1.29, 1.82) is 0 Å². The summed E-state index contributed by atoms with van der Waals surface area (Å²) in [5, 5.41) is 9.33. The molecular formula is C13H11BrClNO2. The summed E-state index contributed by atoms with van der Waals surface area (Å²) in [6, 6.07) is 7.61. The van der Waals surface area contributed by atoms with Gasteiger partial charge in [-0.1, -0.05) is 28.1 Å². The fraction of sp³-hybridized carbons (Fsp3) is 0.231. The number of aliphatic carboxylic acids is 1. The molecule has 0 aliphatic rings. The van der Waals surface area contributed by atoms with E-state index in [1.54, 1.807) is 6.20 Å². The molecule has 0 bridgehead atoms. The number of carboxylic acids is 1. The Morgan fingerprint density at radius 3 is 2.94 bits per heavy atom. The third-order valence-electron chi connectivity index (χ3n) is 2.70. The van der Waals surface area contributed by atoms with Gasteiger partial charge in [0.2, 0.25) is 0 Å². The number of pyridine rings is 1. The largest absolute Gasteiger partial charge is 0.481 e. The number of carbonyl (C=O) groups is 1. The molecule has 3 nitrogen and oxygen atoms in total. The predicted octanol–water partition coefficient (Wildman–Crippen LogP) is 4.14. The number of halogens is 2. The number of carboxylic acid groups (broad SMARTS) is 1. The Morgan fingerprint density at radius 1 is 1.44 bits per heavy atom. The second-order valence-electron chi connectivity index (χ2n) is 3.94.